The zero-order valence-electron chi connectivity index (χ0n) is 9.36. The van der Waals surface area contributed by atoms with E-state index in [9.17, 15) is 4.79 Å². The summed E-state index contributed by atoms with van der Waals surface area (Å²) in [7, 11) is 0. The van der Waals surface area contributed by atoms with Crippen LogP contribution in [0.2, 0.25) is 0 Å². The number of carbonyl (C=O) groups is 1. The molecule has 82 valence electrons. The van der Waals surface area contributed by atoms with E-state index in [-0.39, 0.29) is 12.0 Å². The van der Waals surface area contributed by atoms with E-state index in [4.69, 9.17) is 5.11 Å². The van der Waals surface area contributed by atoms with Gasteiger partial charge in [0.2, 0.25) is 0 Å². The summed E-state index contributed by atoms with van der Waals surface area (Å²) in [4.78, 5) is 13.3. The molecule has 2 atom stereocenters. The molecule has 0 aromatic rings. The molecule has 2 unspecified atom stereocenters. The van der Waals surface area contributed by atoms with Gasteiger partial charge in [0.1, 0.15) is 0 Å². The van der Waals surface area contributed by atoms with Gasteiger partial charge in [-0.2, -0.15) is 0 Å². The molecule has 0 radical (unpaired) electrons. The molecular weight excluding hydrogens is 178 g/mol. The van der Waals surface area contributed by atoms with Crippen molar-refractivity contribution in [2.75, 3.05) is 13.1 Å². The first kappa shape index (κ1) is 11.5. The van der Waals surface area contributed by atoms with Crippen LogP contribution in [0.4, 0.5) is 0 Å². The summed E-state index contributed by atoms with van der Waals surface area (Å²) in [6, 6.07) is 0.259. The Morgan fingerprint density at radius 3 is 2.64 bits per heavy atom. The largest absolute Gasteiger partial charge is 0.481 e. The molecule has 3 nitrogen and oxygen atoms in total. The van der Waals surface area contributed by atoms with Crippen molar-refractivity contribution in [3.05, 3.63) is 0 Å². The van der Waals surface area contributed by atoms with Gasteiger partial charge in [-0.3, -0.25) is 9.69 Å². The Morgan fingerprint density at radius 2 is 2.21 bits per heavy atom. The maximum atomic E-state index is 11.0. The lowest BCUT2D eigenvalue weighted by Crippen LogP contribution is -2.37. The molecule has 0 amide bonds. The number of aliphatic carboxylic acids is 1. The molecule has 1 fully saturated rings. The average molecular weight is 199 g/mol. The Hall–Kier alpha value is -0.570. The van der Waals surface area contributed by atoms with Gasteiger partial charge in [-0.1, -0.05) is 20.8 Å². The van der Waals surface area contributed by atoms with E-state index in [2.05, 4.69) is 25.7 Å². The van der Waals surface area contributed by atoms with Crippen molar-refractivity contribution in [2.45, 2.75) is 39.7 Å². The molecule has 3 heteroatoms. The van der Waals surface area contributed by atoms with Crippen molar-refractivity contribution >= 4 is 5.97 Å². The normalized spacial score (nSPS) is 28.6. The number of carboxylic acids is 1. The first-order chi connectivity index (χ1) is 6.56. The second-order valence-electron chi connectivity index (χ2n) is 4.60. The summed E-state index contributed by atoms with van der Waals surface area (Å²) < 4.78 is 0. The van der Waals surface area contributed by atoms with Crippen LogP contribution in [0.5, 0.6) is 0 Å². The van der Waals surface area contributed by atoms with Gasteiger partial charge < -0.3 is 5.11 Å². The first-order valence-electron chi connectivity index (χ1n) is 5.53. The molecular formula is C11H21NO2. The molecule has 0 aromatic heterocycles. The molecule has 0 bridgehead atoms. The maximum Gasteiger partial charge on any atom is 0.308 e. The smallest absolute Gasteiger partial charge is 0.308 e. The number of likely N-dealkylation sites (tertiary alicyclic amines) is 1. The summed E-state index contributed by atoms with van der Waals surface area (Å²) in [6.07, 6.45) is 1.77. The second-order valence-corrected chi connectivity index (χ2v) is 4.60. The van der Waals surface area contributed by atoms with Crippen LogP contribution in [0.15, 0.2) is 0 Å². The van der Waals surface area contributed by atoms with E-state index >= 15 is 0 Å². The van der Waals surface area contributed by atoms with Crippen molar-refractivity contribution in [1.29, 1.82) is 0 Å². The standard InChI is InChI=1S/C11H21NO2/c1-4-10-9(11(13)14)5-6-12(10)7-8(2)3/h8-10H,4-7H2,1-3H3,(H,13,14). The van der Waals surface area contributed by atoms with Gasteiger partial charge in [-0.05, 0) is 25.3 Å². The van der Waals surface area contributed by atoms with Crippen LogP contribution < -0.4 is 0 Å². The molecule has 0 spiro atoms. The Labute approximate surface area is 86.1 Å². The third-order valence-electron chi connectivity index (χ3n) is 3.00. The minimum absolute atomic E-state index is 0.140. The second kappa shape index (κ2) is 4.78. The molecule has 0 saturated carbocycles. The SMILES string of the molecule is CCC1C(C(=O)O)CCN1CC(C)C. The van der Waals surface area contributed by atoms with E-state index in [1.54, 1.807) is 0 Å². The van der Waals surface area contributed by atoms with Crippen LogP contribution in [0, 0.1) is 11.8 Å². The fourth-order valence-electron chi connectivity index (χ4n) is 2.44. The molecule has 14 heavy (non-hydrogen) atoms. The van der Waals surface area contributed by atoms with E-state index in [1.165, 1.54) is 0 Å². The molecule has 1 rings (SSSR count). The van der Waals surface area contributed by atoms with Crippen molar-refractivity contribution in [3.8, 4) is 0 Å². The average Bonchev–Trinajstić information content (AvgIpc) is 2.46. The summed E-state index contributed by atoms with van der Waals surface area (Å²) in [5.74, 6) is -0.140. The summed E-state index contributed by atoms with van der Waals surface area (Å²) in [6.45, 7) is 8.43. The molecule has 0 aromatic carbocycles. The van der Waals surface area contributed by atoms with Crippen LogP contribution >= 0.6 is 0 Å². The fraction of sp³-hybridized carbons (Fsp3) is 0.909. The van der Waals surface area contributed by atoms with Crippen molar-refractivity contribution in [3.63, 3.8) is 0 Å². The number of nitrogens with zero attached hydrogens (tertiary/aromatic N) is 1. The predicted molar refractivity (Wildman–Crippen MR) is 56.2 cm³/mol. The third-order valence-corrected chi connectivity index (χ3v) is 3.00. The Morgan fingerprint density at radius 1 is 1.57 bits per heavy atom. The highest BCUT2D eigenvalue weighted by Gasteiger charge is 2.37. The lowest BCUT2D eigenvalue weighted by Gasteiger charge is -2.26. The highest BCUT2D eigenvalue weighted by Crippen LogP contribution is 2.27. The zero-order valence-corrected chi connectivity index (χ0v) is 9.36. The highest BCUT2D eigenvalue weighted by molar-refractivity contribution is 5.71. The van der Waals surface area contributed by atoms with Gasteiger partial charge in [0.25, 0.3) is 0 Å². The number of carboxylic acid groups (broad SMARTS) is 1. The molecule has 1 heterocycles. The lowest BCUT2D eigenvalue weighted by molar-refractivity contribution is -0.142. The maximum absolute atomic E-state index is 11.0. The van der Waals surface area contributed by atoms with Crippen LogP contribution in [-0.4, -0.2) is 35.1 Å². The van der Waals surface area contributed by atoms with Crippen molar-refractivity contribution < 1.29 is 9.90 Å². The van der Waals surface area contributed by atoms with Gasteiger partial charge in [-0.25, -0.2) is 0 Å². The van der Waals surface area contributed by atoms with Gasteiger partial charge in [0, 0.05) is 12.6 Å². The molecule has 1 aliphatic rings. The van der Waals surface area contributed by atoms with E-state index in [0.29, 0.717) is 5.92 Å². The lowest BCUT2D eigenvalue weighted by atomic mass is 9.98. The van der Waals surface area contributed by atoms with Gasteiger partial charge in [0.15, 0.2) is 0 Å². The summed E-state index contributed by atoms with van der Waals surface area (Å²) in [5.41, 5.74) is 0. The number of hydrogen-bond acceptors (Lipinski definition) is 2. The van der Waals surface area contributed by atoms with E-state index in [0.717, 1.165) is 25.9 Å². The molecule has 1 aliphatic heterocycles. The number of rotatable bonds is 4. The molecule has 1 N–H and O–H groups in total. The fourth-order valence-corrected chi connectivity index (χ4v) is 2.44. The summed E-state index contributed by atoms with van der Waals surface area (Å²) in [5, 5.41) is 9.04. The minimum Gasteiger partial charge on any atom is -0.481 e. The third kappa shape index (κ3) is 2.47. The van der Waals surface area contributed by atoms with Crippen LogP contribution in [0.25, 0.3) is 0 Å². The van der Waals surface area contributed by atoms with E-state index in [1.807, 2.05) is 0 Å². The van der Waals surface area contributed by atoms with Gasteiger partial charge >= 0.3 is 5.97 Å². The highest BCUT2D eigenvalue weighted by atomic mass is 16.4. The van der Waals surface area contributed by atoms with Gasteiger partial charge in [-0.15, -0.1) is 0 Å². The topological polar surface area (TPSA) is 40.5 Å². The number of hydrogen-bond donors (Lipinski definition) is 1. The van der Waals surface area contributed by atoms with Crippen LogP contribution in [0.1, 0.15) is 33.6 Å². The van der Waals surface area contributed by atoms with Crippen LogP contribution in [0.3, 0.4) is 0 Å². The van der Waals surface area contributed by atoms with Gasteiger partial charge in [0.05, 0.1) is 5.92 Å². The predicted octanol–water partition coefficient (Wildman–Crippen LogP) is 1.83. The zero-order chi connectivity index (χ0) is 10.7. The quantitative estimate of drug-likeness (QED) is 0.751. The summed E-state index contributed by atoms with van der Waals surface area (Å²) >= 11 is 0. The Bertz CT molecular complexity index is 203. The van der Waals surface area contributed by atoms with E-state index < -0.39 is 5.97 Å². The monoisotopic (exact) mass is 199 g/mol. The molecule has 0 aliphatic carbocycles. The van der Waals surface area contributed by atoms with Crippen LogP contribution in [-0.2, 0) is 4.79 Å². The molecule has 1 saturated heterocycles. The van der Waals surface area contributed by atoms with Crippen molar-refractivity contribution in [1.82, 2.24) is 4.90 Å². The first-order valence-corrected chi connectivity index (χ1v) is 5.53. The Kier molecular flexibility index (Phi) is 3.93. The minimum atomic E-state index is -0.622. The Balaban J connectivity index is 2.59. The van der Waals surface area contributed by atoms with Crippen molar-refractivity contribution in [2.24, 2.45) is 11.8 Å².